The molecule has 0 amide bonds. The lowest BCUT2D eigenvalue weighted by Gasteiger charge is -2.07. The van der Waals surface area contributed by atoms with Crippen molar-refractivity contribution in [2.24, 2.45) is 5.10 Å². The van der Waals surface area contributed by atoms with Gasteiger partial charge in [0.15, 0.2) is 5.82 Å². The van der Waals surface area contributed by atoms with Crippen LogP contribution >= 0.6 is 0 Å². The zero-order valence-corrected chi connectivity index (χ0v) is 13.1. The number of para-hydroxylation sites is 1. The van der Waals surface area contributed by atoms with E-state index in [2.05, 4.69) is 20.5 Å². The van der Waals surface area contributed by atoms with E-state index < -0.39 is 0 Å². The number of carbonyl (C=O) groups is 1. The quantitative estimate of drug-likeness (QED) is 0.426. The van der Waals surface area contributed by atoms with Gasteiger partial charge >= 0.3 is 5.97 Å². The number of carbonyl (C=O) groups excluding carboxylic acids is 1. The van der Waals surface area contributed by atoms with Crippen LogP contribution in [0, 0.1) is 0 Å². The minimum atomic E-state index is -0.373. The molecule has 0 aliphatic rings. The molecular formula is C17H16N4O3. The van der Waals surface area contributed by atoms with Gasteiger partial charge in [-0.3, -0.25) is 10.2 Å². The van der Waals surface area contributed by atoms with Crippen LogP contribution in [0.2, 0.25) is 0 Å². The Bertz CT molecular complexity index is 854. The van der Waals surface area contributed by atoms with E-state index in [1.54, 1.807) is 19.1 Å². The molecular weight excluding hydrogens is 308 g/mol. The number of hydrogen-bond donors (Lipinski definition) is 1. The van der Waals surface area contributed by atoms with E-state index in [9.17, 15) is 4.79 Å². The second kappa shape index (κ2) is 7.36. The Labute approximate surface area is 138 Å². The van der Waals surface area contributed by atoms with E-state index in [-0.39, 0.29) is 12.4 Å². The Balaban J connectivity index is 1.88. The van der Waals surface area contributed by atoms with Crippen LogP contribution in [0.4, 0.5) is 5.82 Å². The average molecular weight is 324 g/mol. The van der Waals surface area contributed by atoms with Gasteiger partial charge in [-0.05, 0) is 31.2 Å². The standard InChI is InChI=1S/C17H16N4O3/c1-2-23-16(22)10-14(15-8-5-9-24-15)20-21-17-12-6-3-4-7-13(12)18-11-19-17/h3-9,11H,2,10H2,1H3,(H,18,19,21). The first-order valence-electron chi connectivity index (χ1n) is 7.49. The summed E-state index contributed by atoms with van der Waals surface area (Å²) in [6.45, 7) is 2.07. The number of benzene rings is 1. The number of fused-ring (bicyclic) bond motifs is 1. The highest BCUT2D eigenvalue weighted by molar-refractivity contribution is 6.08. The maximum Gasteiger partial charge on any atom is 0.312 e. The first kappa shape index (κ1) is 15.7. The number of furan rings is 1. The van der Waals surface area contributed by atoms with E-state index in [0.717, 1.165) is 10.9 Å². The Kier molecular flexibility index (Phi) is 4.81. The average Bonchev–Trinajstić information content (AvgIpc) is 3.13. The summed E-state index contributed by atoms with van der Waals surface area (Å²) < 4.78 is 10.3. The number of aromatic nitrogens is 2. The van der Waals surface area contributed by atoms with Gasteiger partial charge in [0.05, 0.1) is 24.8 Å². The third kappa shape index (κ3) is 3.57. The van der Waals surface area contributed by atoms with Gasteiger partial charge in [-0.1, -0.05) is 12.1 Å². The van der Waals surface area contributed by atoms with Gasteiger partial charge in [-0.15, -0.1) is 0 Å². The molecule has 0 bridgehead atoms. The molecule has 7 nitrogen and oxygen atoms in total. The van der Waals surface area contributed by atoms with Crippen molar-refractivity contribution in [3.05, 3.63) is 54.7 Å². The number of rotatable bonds is 6. The van der Waals surface area contributed by atoms with Gasteiger partial charge < -0.3 is 9.15 Å². The minimum absolute atomic E-state index is 0.00261. The van der Waals surface area contributed by atoms with Crippen molar-refractivity contribution in [2.75, 3.05) is 12.0 Å². The third-order valence-corrected chi connectivity index (χ3v) is 3.26. The van der Waals surface area contributed by atoms with E-state index in [1.165, 1.54) is 12.6 Å². The molecule has 0 aliphatic carbocycles. The number of esters is 1. The molecule has 0 unspecified atom stereocenters. The van der Waals surface area contributed by atoms with Crippen LogP contribution in [0.15, 0.2) is 58.5 Å². The molecule has 0 saturated heterocycles. The fourth-order valence-corrected chi connectivity index (χ4v) is 2.19. The van der Waals surface area contributed by atoms with E-state index in [1.807, 2.05) is 24.3 Å². The molecule has 0 fully saturated rings. The van der Waals surface area contributed by atoms with Gasteiger partial charge in [0.1, 0.15) is 17.8 Å². The normalized spacial score (nSPS) is 11.5. The number of anilines is 1. The molecule has 1 aromatic carbocycles. The summed E-state index contributed by atoms with van der Waals surface area (Å²) in [5, 5.41) is 5.12. The van der Waals surface area contributed by atoms with Crippen molar-refractivity contribution in [3.63, 3.8) is 0 Å². The molecule has 0 atom stereocenters. The first-order chi connectivity index (χ1) is 11.8. The number of nitrogens with one attached hydrogen (secondary N) is 1. The number of hydrogen-bond acceptors (Lipinski definition) is 7. The highest BCUT2D eigenvalue weighted by Gasteiger charge is 2.14. The predicted molar refractivity (Wildman–Crippen MR) is 89.7 cm³/mol. The highest BCUT2D eigenvalue weighted by Crippen LogP contribution is 2.18. The van der Waals surface area contributed by atoms with Crippen molar-refractivity contribution in [2.45, 2.75) is 13.3 Å². The van der Waals surface area contributed by atoms with Crippen molar-refractivity contribution in [1.29, 1.82) is 0 Å². The summed E-state index contributed by atoms with van der Waals surface area (Å²) in [7, 11) is 0. The van der Waals surface area contributed by atoms with Crippen molar-refractivity contribution < 1.29 is 13.9 Å². The van der Waals surface area contributed by atoms with E-state index in [4.69, 9.17) is 9.15 Å². The van der Waals surface area contributed by atoms with Crippen LogP contribution in [-0.2, 0) is 9.53 Å². The van der Waals surface area contributed by atoms with Gasteiger partial charge in [-0.2, -0.15) is 5.10 Å². The van der Waals surface area contributed by atoms with E-state index in [0.29, 0.717) is 23.9 Å². The van der Waals surface area contributed by atoms with Crippen LogP contribution < -0.4 is 5.43 Å². The lowest BCUT2D eigenvalue weighted by Crippen LogP contribution is -2.13. The molecule has 0 radical (unpaired) electrons. The maximum absolute atomic E-state index is 11.8. The summed E-state index contributed by atoms with van der Waals surface area (Å²) >= 11 is 0. The summed E-state index contributed by atoms with van der Waals surface area (Å²) in [5.74, 6) is 0.671. The number of nitrogens with zero attached hydrogens (tertiary/aromatic N) is 3. The molecule has 2 aromatic heterocycles. The number of ether oxygens (including phenoxy) is 1. The first-order valence-corrected chi connectivity index (χ1v) is 7.49. The molecule has 0 spiro atoms. The van der Waals surface area contributed by atoms with Gasteiger partial charge in [0.2, 0.25) is 0 Å². The Morgan fingerprint density at radius 1 is 1.25 bits per heavy atom. The third-order valence-electron chi connectivity index (χ3n) is 3.26. The van der Waals surface area contributed by atoms with Gasteiger partial charge in [0, 0.05) is 5.39 Å². The summed E-state index contributed by atoms with van der Waals surface area (Å²) in [6, 6.07) is 11.0. The van der Waals surface area contributed by atoms with Gasteiger partial charge in [-0.25, -0.2) is 9.97 Å². The van der Waals surface area contributed by atoms with Crippen LogP contribution in [0.3, 0.4) is 0 Å². The number of hydrazone groups is 1. The second-order valence-electron chi connectivity index (χ2n) is 4.87. The lowest BCUT2D eigenvalue weighted by atomic mass is 10.2. The summed E-state index contributed by atoms with van der Waals surface area (Å²) in [5.41, 5.74) is 4.13. The summed E-state index contributed by atoms with van der Waals surface area (Å²) in [4.78, 5) is 20.2. The molecule has 24 heavy (non-hydrogen) atoms. The Morgan fingerprint density at radius 2 is 2.12 bits per heavy atom. The molecule has 3 aromatic rings. The molecule has 122 valence electrons. The highest BCUT2D eigenvalue weighted by atomic mass is 16.5. The predicted octanol–water partition coefficient (Wildman–Crippen LogP) is 2.99. The molecule has 3 rings (SSSR count). The molecule has 1 N–H and O–H groups in total. The zero-order chi connectivity index (χ0) is 16.8. The monoisotopic (exact) mass is 324 g/mol. The van der Waals surface area contributed by atoms with Crippen molar-refractivity contribution >= 4 is 28.4 Å². The van der Waals surface area contributed by atoms with Crippen LogP contribution in [0.25, 0.3) is 10.9 Å². The zero-order valence-electron chi connectivity index (χ0n) is 13.1. The van der Waals surface area contributed by atoms with Gasteiger partial charge in [0.25, 0.3) is 0 Å². The second-order valence-corrected chi connectivity index (χ2v) is 4.87. The van der Waals surface area contributed by atoms with Crippen molar-refractivity contribution in [3.8, 4) is 0 Å². The molecule has 7 heteroatoms. The van der Waals surface area contributed by atoms with E-state index >= 15 is 0 Å². The largest absolute Gasteiger partial charge is 0.466 e. The Hall–Kier alpha value is -3.22. The van der Waals surface area contributed by atoms with Crippen LogP contribution in [0.1, 0.15) is 19.1 Å². The van der Waals surface area contributed by atoms with Crippen LogP contribution in [0.5, 0.6) is 0 Å². The molecule has 2 heterocycles. The fraction of sp³-hybridized carbons (Fsp3) is 0.176. The Morgan fingerprint density at radius 3 is 2.92 bits per heavy atom. The fourth-order valence-electron chi connectivity index (χ4n) is 2.19. The minimum Gasteiger partial charge on any atom is -0.466 e. The van der Waals surface area contributed by atoms with Crippen molar-refractivity contribution in [1.82, 2.24) is 9.97 Å². The smallest absolute Gasteiger partial charge is 0.312 e. The summed E-state index contributed by atoms with van der Waals surface area (Å²) in [6.07, 6.45) is 2.98. The topological polar surface area (TPSA) is 89.6 Å². The SMILES string of the molecule is CCOC(=O)CC(=NNc1ncnc2ccccc12)c1ccco1. The lowest BCUT2D eigenvalue weighted by molar-refractivity contribution is -0.141. The maximum atomic E-state index is 11.8. The molecule has 0 saturated carbocycles. The van der Waals surface area contributed by atoms with Crippen LogP contribution in [-0.4, -0.2) is 28.3 Å². The molecule has 0 aliphatic heterocycles.